The van der Waals surface area contributed by atoms with Gasteiger partial charge in [0.2, 0.25) is 29.5 Å². The molecule has 1 fully saturated rings. The number of aliphatic hydroxyl groups is 1. The molecule has 0 bridgehead atoms. The van der Waals surface area contributed by atoms with Crippen LogP contribution in [0.3, 0.4) is 0 Å². The van der Waals surface area contributed by atoms with Crippen LogP contribution in [0, 0.1) is 0 Å². The lowest BCUT2D eigenvalue weighted by molar-refractivity contribution is -0.138. The molecule has 0 aromatic heterocycles. The van der Waals surface area contributed by atoms with E-state index in [1.54, 1.807) is 6.26 Å². The van der Waals surface area contributed by atoms with Gasteiger partial charge in [0, 0.05) is 5.75 Å². The highest BCUT2D eigenvalue weighted by atomic mass is 32.2. The van der Waals surface area contributed by atoms with Gasteiger partial charge in [-0.2, -0.15) is 11.8 Å². The molecule has 14 nitrogen and oxygen atoms in total. The number of carbonyl (C=O) groups excluding carboxylic acids is 5. The quantitative estimate of drug-likeness (QED) is 0.156. The minimum Gasteiger partial charge on any atom is -0.480 e. The van der Waals surface area contributed by atoms with Crippen LogP contribution in [0.4, 0.5) is 0 Å². The number of amides is 5. The van der Waals surface area contributed by atoms with Gasteiger partial charge >= 0.3 is 5.97 Å². The normalized spacial score (nSPS) is 29.4. The zero-order valence-electron chi connectivity index (χ0n) is 19.3. The Kier molecular flexibility index (Phi) is 12.8. The SMILES string of the molecule is CSCCC1NC(=O)[C@H](CC(N)=O)NC(=O)[C@H](C)NC(=O)C(CO)NC(=O)[C@@H](N)CSC1C(=O)O. The highest BCUT2D eigenvalue weighted by Crippen LogP contribution is 2.20. The number of aliphatic carboxylic acids is 1. The van der Waals surface area contributed by atoms with Crippen molar-refractivity contribution in [3.8, 4) is 0 Å². The lowest BCUT2D eigenvalue weighted by Gasteiger charge is -2.29. The first-order chi connectivity index (χ1) is 16.4. The Balaban J connectivity index is 3.36. The Hall–Kier alpha value is -2.56. The monoisotopic (exact) mass is 536 g/mol. The van der Waals surface area contributed by atoms with Gasteiger partial charge in [-0.05, 0) is 25.4 Å². The summed E-state index contributed by atoms with van der Waals surface area (Å²) in [5.74, 6) is -5.25. The first-order valence-electron chi connectivity index (χ1n) is 10.6. The van der Waals surface area contributed by atoms with E-state index in [9.17, 15) is 39.0 Å². The molecule has 10 N–H and O–H groups in total. The van der Waals surface area contributed by atoms with E-state index in [0.29, 0.717) is 5.75 Å². The second-order valence-corrected chi connectivity index (χ2v) is 9.96. The van der Waals surface area contributed by atoms with Gasteiger partial charge in [0.25, 0.3) is 0 Å². The largest absolute Gasteiger partial charge is 0.480 e. The highest BCUT2D eigenvalue weighted by molar-refractivity contribution is 8.00. The molecule has 0 saturated carbocycles. The molecule has 0 spiro atoms. The summed E-state index contributed by atoms with van der Waals surface area (Å²) in [6.45, 7) is 0.489. The Morgan fingerprint density at radius 2 is 1.63 bits per heavy atom. The van der Waals surface area contributed by atoms with E-state index in [2.05, 4.69) is 21.3 Å². The van der Waals surface area contributed by atoms with E-state index in [0.717, 1.165) is 11.8 Å². The number of carboxylic acid groups (broad SMARTS) is 1. The van der Waals surface area contributed by atoms with Gasteiger partial charge in [-0.3, -0.25) is 28.8 Å². The van der Waals surface area contributed by atoms with Crippen molar-refractivity contribution < 1.29 is 39.0 Å². The van der Waals surface area contributed by atoms with Gasteiger partial charge in [0.1, 0.15) is 23.4 Å². The molecule has 1 aliphatic rings. The van der Waals surface area contributed by atoms with Crippen LogP contribution < -0.4 is 32.7 Å². The van der Waals surface area contributed by atoms with Crippen LogP contribution in [0.25, 0.3) is 0 Å². The third-order valence-corrected chi connectivity index (χ3v) is 7.05. The molecule has 35 heavy (non-hydrogen) atoms. The van der Waals surface area contributed by atoms with Crippen molar-refractivity contribution in [2.45, 2.75) is 55.2 Å². The van der Waals surface area contributed by atoms with Gasteiger partial charge in [-0.25, -0.2) is 0 Å². The molecule has 1 rings (SSSR count). The standard InChI is InChI=1S/C19H32N6O8S2/c1-8-15(28)24-11(5-13(21)27)17(30)23-10(3-4-34-2)14(19(32)33)35-7-9(20)16(29)25-12(6-26)18(31)22-8/h8-12,14,26H,3-7,20H2,1-2H3,(H2,21,27)(H,22,31)(H,23,30)(H,24,28)(H,25,29)(H,32,33)/t8-,9-,10?,11-,12?,14?/m0/s1. The van der Waals surface area contributed by atoms with E-state index in [1.165, 1.54) is 18.7 Å². The molecule has 1 aliphatic heterocycles. The molecule has 6 atom stereocenters. The van der Waals surface area contributed by atoms with Crippen molar-refractivity contribution in [1.82, 2.24) is 21.3 Å². The van der Waals surface area contributed by atoms with Crippen LogP contribution in [0.2, 0.25) is 0 Å². The molecule has 5 amide bonds. The van der Waals surface area contributed by atoms with Gasteiger partial charge < -0.3 is 42.9 Å². The third-order valence-electron chi connectivity index (χ3n) is 4.97. The minimum atomic E-state index is -1.43. The molecule has 1 heterocycles. The van der Waals surface area contributed by atoms with Gasteiger partial charge in [0.05, 0.1) is 25.1 Å². The average molecular weight is 537 g/mol. The summed E-state index contributed by atoms with van der Waals surface area (Å²) in [6, 6.07) is -6.27. The third kappa shape index (κ3) is 9.91. The Morgan fingerprint density at radius 3 is 2.17 bits per heavy atom. The van der Waals surface area contributed by atoms with Gasteiger partial charge in [-0.15, -0.1) is 11.8 Å². The summed E-state index contributed by atoms with van der Waals surface area (Å²) < 4.78 is 0. The molecule has 3 unspecified atom stereocenters. The van der Waals surface area contributed by atoms with Crippen LogP contribution >= 0.6 is 23.5 Å². The Morgan fingerprint density at radius 1 is 1.03 bits per heavy atom. The molecular weight excluding hydrogens is 504 g/mol. The van der Waals surface area contributed by atoms with Crippen molar-refractivity contribution in [1.29, 1.82) is 0 Å². The number of aliphatic hydroxyl groups excluding tert-OH is 1. The first-order valence-corrected chi connectivity index (χ1v) is 13.0. The Labute approximate surface area is 210 Å². The number of rotatable bonds is 7. The zero-order chi connectivity index (χ0) is 26.7. The highest BCUT2D eigenvalue weighted by Gasteiger charge is 2.35. The molecule has 0 aliphatic carbocycles. The second-order valence-electron chi connectivity index (χ2n) is 7.80. The van der Waals surface area contributed by atoms with Crippen LogP contribution in [0.1, 0.15) is 19.8 Å². The van der Waals surface area contributed by atoms with E-state index < -0.39 is 84.0 Å². The summed E-state index contributed by atoms with van der Waals surface area (Å²) in [6.07, 6.45) is 1.46. The number of primary amides is 1. The minimum absolute atomic E-state index is 0.175. The molecule has 0 aromatic rings. The number of carbonyl (C=O) groups is 6. The predicted octanol–water partition coefficient (Wildman–Crippen LogP) is -3.91. The van der Waals surface area contributed by atoms with Crippen LogP contribution in [0.15, 0.2) is 0 Å². The van der Waals surface area contributed by atoms with E-state index in [1.807, 2.05) is 0 Å². The fourth-order valence-electron chi connectivity index (χ4n) is 3.03. The van der Waals surface area contributed by atoms with Crippen molar-refractivity contribution in [3.05, 3.63) is 0 Å². The number of hydrogen-bond donors (Lipinski definition) is 8. The fourth-order valence-corrected chi connectivity index (χ4v) is 4.66. The molecular formula is C19H32N6O8S2. The molecule has 0 radical (unpaired) electrons. The number of carboxylic acids is 1. The van der Waals surface area contributed by atoms with Gasteiger partial charge in [0.15, 0.2) is 0 Å². The summed E-state index contributed by atoms with van der Waals surface area (Å²) in [5, 5.41) is 27.5. The summed E-state index contributed by atoms with van der Waals surface area (Å²) in [7, 11) is 0. The van der Waals surface area contributed by atoms with Crippen LogP contribution in [0.5, 0.6) is 0 Å². The van der Waals surface area contributed by atoms with Crippen LogP contribution in [-0.2, 0) is 28.8 Å². The second kappa shape index (κ2) is 14.8. The number of hydrogen-bond acceptors (Lipinski definition) is 10. The Bertz CT molecular complexity index is 816. The fraction of sp³-hybridized carbons (Fsp3) is 0.684. The molecule has 198 valence electrons. The lowest BCUT2D eigenvalue weighted by atomic mass is 10.1. The van der Waals surface area contributed by atoms with Crippen molar-refractivity contribution >= 4 is 59.0 Å². The lowest BCUT2D eigenvalue weighted by Crippen LogP contribution is -2.60. The summed E-state index contributed by atoms with van der Waals surface area (Å²) in [4.78, 5) is 73.9. The predicted molar refractivity (Wildman–Crippen MR) is 129 cm³/mol. The first kappa shape index (κ1) is 30.5. The van der Waals surface area contributed by atoms with E-state index >= 15 is 0 Å². The average Bonchev–Trinajstić information content (AvgIpc) is 2.78. The number of thioether (sulfide) groups is 2. The number of nitrogens with two attached hydrogens (primary N) is 2. The maximum atomic E-state index is 13.0. The maximum Gasteiger partial charge on any atom is 0.318 e. The molecule has 0 aromatic carbocycles. The summed E-state index contributed by atoms with van der Waals surface area (Å²) >= 11 is 2.23. The molecule has 1 saturated heterocycles. The smallest absolute Gasteiger partial charge is 0.318 e. The van der Waals surface area contributed by atoms with Gasteiger partial charge in [-0.1, -0.05) is 0 Å². The van der Waals surface area contributed by atoms with E-state index in [-0.39, 0.29) is 12.2 Å². The van der Waals surface area contributed by atoms with Crippen LogP contribution in [-0.4, -0.2) is 106 Å². The van der Waals surface area contributed by atoms with Crippen molar-refractivity contribution in [2.24, 2.45) is 11.5 Å². The zero-order valence-corrected chi connectivity index (χ0v) is 20.9. The van der Waals surface area contributed by atoms with Crippen molar-refractivity contribution in [3.63, 3.8) is 0 Å². The maximum absolute atomic E-state index is 13.0. The van der Waals surface area contributed by atoms with Crippen molar-refractivity contribution in [2.75, 3.05) is 24.4 Å². The summed E-state index contributed by atoms with van der Waals surface area (Å²) in [5.41, 5.74) is 11.1. The topological polar surface area (TPSA) is 243 Å². The number of nitrogens with one attached hydrogen (secondary N) is 4. The molecule has 16 heteroatoms. The van der Waals surface area contributed by atoms with E-state index in [4.69, 9.17) is 11.5 Å².